The van der Waals surface area contributed by atoms with E-state index in [1.165, 1.54) is 0 Å². The van der Waals surface area contributed by atoms with Crippen molar-refractivity contribution in [2.75, 3.05) is 13.2 Å². The Bertz CT molecular complexity index is 396. The first-order valence-electron chi connectivity index (χ1n) is 5.78. The van der Waals surface area contributed by atoms with E-state index < -0.39 is 11.4 Å². The Morgan fingerprint density at radius 3 is 2.37 bits per heavy atom. The lowest BCUT2D eigenvalue weighted by molar-refractivity contribution is -0.158. The molecule has 106 valence electrons. The van der Waals surface area contributed by atoms with Gasteiger partial charge in [0.1, 0.15) is 24.9 Å². The fraction of sp³-hybridized carbons (Fsp3) is 0.615. The SMILES string of the molecule is C=C(C#N)C(=O)OCCOC(=O)C(C)(C)CC(C)Br. The molecular weight excluding hydrogens is 314 g/mol. The molecule has 19 heavy (non-hydrogen) atoms. The lowest BCUT2D eigenvalue weighted by Gasteiger charge is -2.23. The number of halogens is 1. The van der Waals surface area contributed by atoms with Gasteiger partial charge in [-0.2, -0.15) is 5.26 Å². The normalized spacial score (nSPS) is 12.2. The first-order chi connectivity index (χ1) is 8.70. The van der Waals surface area contributed by atoms with E-state index in [4.69, 9.17) is 14.7 Å². The largest absolute Gasteiger partial charge is 0.462 e. The van der Waals surface area contributed by atoms with E-state index in [0.29, 0.717) is 6.42 Å². The van der Waals surface area contributed by atoms with Crippen molar-refractivity contribution >= 4 is 27.9 Å². The monoisotopic (exact) mass is 331 g/mol. The van der Waals surface area contributed by atoms with Gasteiger partial charge < -0.3 is 9.47 Å². The Morgan fingerprint density at radius 2 is 1.89 bits per heavy atom. The van der Waals surface area contributed by atoms with Crippen molar-refractivity contribution in [1.82, 2.24) is 0 Å². The predicted octanol–water partition coefficient (Wildman–Crippen LogP) is 2.35. The van der Waals surface area contributed by atoms with Gasteiger partial charge in [0.05, 0.1) is 5.41 Å². The predicted molar refractivity (Wildman–Crippen MR) is 73.5 cm³/mol. The molecule has 0 amide bonds. The second-order valence-electron chi connectivity index (χ2n) is 4.73. The summed E-state index contributed by atoms with van der Waals surface area (Å²) in [5.41, 5.74) is -0.886. The summed E-state index contributed by atoms with van der Waals surface area (Å²) in [7, 11) is 0. The average Bonchev–Trinajstić information content (AvgIpc) is 2.31. The maximum absolute atomic E-state index is 11.8. The average molecular weight is 332 g/mol. The third-order valence-corrected chi connectivity index (χ3v) is 2.60. The molecule has 0 aliphatic carbocycles. The van der Waals surface area contributed by atoms with Crippen molar-refractivity contribution < 1.29 is 19.1 Å². The number of carbonyl (C=O) groups excluding carboxylic acids is 2. The molecular formula is C13H18BrNO4. The third kappa shape index (κ3) is 6.97. The van der Waals surface area contributed by atoms with E-state index in [9.17, 15) is 9.59 Å². The van der Waals surface area contributed by atoms with Crippen LogP contribution in [0.25, 0.3) is 0 Å². The van der Waals surface area contributed by atoms with Gasteiger partial charge >= 0.3 is 11.9 Å². The van der Waals surface area contributed by atoms with Gasteiger partial charge in [-0.25, -0.2) is 4.79 Å². The molecule has 0 spiro atoms. The third-order valence-electron chi connectivity index (χ3n) is 2.28. The highest BCUT2D eigenvalue weighted by Gasteiger charge is 2.30. The van der Waals surface area contributed by atoms with Crippen LogP contribution in [0.5, 0.6) is 0 Å². The molecule has 0 radical (unpaired) electrons. The van der Waals surface area contributed by atoms with E-state index >= 15 is 0 Å². The van der Waals surface area contributed by atoms with Crippen molar-refractivity contribution in [2.45, 2.75) is 32.0 Å². The van der Waals surface area contributed by atoms with Crippen LogP contribution in [0.3, 0.4) is 0 Å². The quantitative estimate of drug-likeness (QED) is 0.235. The van der Waals surface area contributed by atoms with Crippen molar-refractivity contribution in [3.63, 3.8) is 0 Å². The molecule has 0 aromatic rings. The van der Waals surface area contributed by atoms with Gasteiger partial charge in [-0.1, -0.05) is 29.4 Å². The standard InChI is InChI=1S/C13H18BrNO4/c1-9(8-15)11(16)18-5-6-19-12(17)13(3,4)7-10(2)14/h10H,1,5-7H2,2-4H3. The van der Waals surface area contributed by atoms with Gasteiger partial charge in [-0.05, 0) is 20.3 Å². The number of nitrogens with zero attached hydrogens (tertiary/aromatic N) is 1. The van der Waals surface area contributed by atoms with Crippen LogP contribution in [0, 0.1) is 16.7 Å². The minimum atomic E-state index is -0.799. The fourth-order valence-corrected chi connectivity index (χ4v) is 2.19. The van der Waals surface area contributed by atoms with Crippen LogP contribution in [0.15, 0.2) is 12.2 Å². The molecule has 1 unspecified atom stereocenters. The minimum Gasteiger partial charge on any atom is -0.462 e. The lowest BCUT2D eigenvalue weighted by atomic mass is 9.88. The number of nitriles is 1. The van der Waals surface area contributed by atoms with Crippen LogP contribution in [0.2, 0.25) is 0 Å². The van der Waals surface area contributed by atoms with E-state index in [1.807, 2.05) is 6.92 Å². The zero-order valence-electron chi connectivity index (χ0n) is 11.4. The molecule has 0 saturated heterocycles. The Labute approximate surface area is 121 Å². The Morgan fingerprint density at radius 1 is 1.37 bits per heavy atom. The molecule has 0 bridgehead atoms. The second-order valence-corrected chi connectivity index (χ2v) is 6.29. The zero-order chi connectivity index (χ0) is 15.1. The number of carbonyl (C=O) groups is 2. The van der Waals surface area contributed by atoms with Crippen LogP contribution in [-0.4, -0.2) is 30.0 Å². The summed E-state index contributed by atoms with van der Waals surface area (Å²) < 4.78 is 9.71. The number of alkyl halides is 1. The van der Waals surface area contributed by atoms with Crippen molar-refractivity contribution in [3.05, 3.63) is 12.2 Å². The Hall–Kier alpha value is -1.35. The molecule has 5 nitrogen and oxygen atoms in total. The first-order valence-corrected chi connectivity index (χ1v) is 6.69. The highest BCUT2D eigenvalue weighted by atomic mass is 79.9. The smallest absolute Gasteiger partial charge is 0.348 e. The van der Waals surface area contributed by atoms with E-state index in [1.54, 1.807) is 19.9 Å². The van der Waals surface area contributed by atoms with Crippen LogP contribution in [0.1, 0.15) is 27.2 Å². The fourth-order valence-electron chi connectivity index (χ4n) is 1.38. The summed E-state index contributed by atoms with van der Waals surface area (Å²) in [5, 5.41) is 8.40. The first kappa shape index (κ1) is 17.6. The van der Waals surface area contributed by atoms with E-state index in [2.05, 4.69) is 22.5 Å². The molecule has 6 heteroatoms. The van der Waals surface area contributed by atoms with Crippen molar-refractivity contribution in [1.29, 1.82) is 5.26 Å². The molecule has 1 atom stereocenters. The van der Waals surface area contributed by atoms with Crippen LogP contribution >= 0.6 is 15.9 Å². The Balaban J connectivity index is 4.03. The molecule has 0 fully saturated rings. The van der Waals surface area contributed by atoms with Gasteiger partial charge in [0, 0.05) is 4.83 Å². The minimum absolute atomic E-state index is 0.0383. The number of hydrogen-bond acceptors (Lipinski definition) is 5. The summed E-state index contributed by atoms with van der Waals surface area (Å²) >= 11 is 3.39. The van der Waals surface area contributed by atoms with Gasteiger partial charge in [0.2, 0.25) is 0 Å². The van der Waals surface area contributed by atoms with E-state index in [-0.39, 0.29) is 29.6 Å². The molecule has 0 rings (SSSR count). The number of hydrogen-bond donors (Lipinski definition) is 0. The number of esters is 2. The van der Waals surface area contributed by atoms with E-state index in [0.717, 1.165) is 0 Å². The van der Waals surface area contributed by atoms with Crippen LogP contribution in [-0.2, 0) is 19.1 Å². The summed E-state index contributed by atoms with van der Waals surface area (Å²) in [6.45, 7) is 8.61. The molecule has 0 aromatic carbocycles. The molecule has 0 heterocycles. The summed E-state index contributed by atoms with van der Waals surface area (Å²) in [6.07, 6.45) is 0.636. The van der Waals surface area contributed by atoms with Gasteiger partial charge in [-0.3, -0.25) is 4.79 Å². The molecule has 0 aliphatic heterocycles. The summed E-state index contributed by atoms with van der Waals surface area (Å²) in [5.74, 6) is -1.15. The van der Waals surface area contributed by atoms with Crippen LogP contribution < -0.4 is 0 Å². The molecule has 0 aromatic heterocycles. The molecule has 0 saturated carbocycles. The number of ether oxygens (including phenoxy) is 2. The van der Waals surface area contributed by atoms with Crippen molar-refractivity contribution in [3.8, 4) is 6.07 Å². The molecule has 0 aliphatic rings. The molecule has 0 N–H and O–H groups in total. The maximum atomic E-state index is 11.8. The lowest BCUT2D eigenvalue weighted by Crippen LogP contribution is -2.30. The topological polar surface area (TPSA) is 76.4 Å². The Kier molecular flexibility index (Phi) is 7.38. The summed E-state index contributed by atoms with van der Waals surface area (Å²) in [4.78, 5) is 23.1. The summed E-state index contributed by atoms with van der Waals surface area (Å²) in [6, 6.07) is 1.58. The van der Waals surface area contributed by atoms with Crippen molar-refractivity contribution in [2.24, 2.45) is 5.41 Å². The maximum Gasteiger partial charge on any atom is 0.348 e. The highest BCUT2D eigenvalue weighted by molar-refractivity contribution is 9.09. The van der Waals surface area contributed by atoms with Gasteiger partial charge in [0.25, 0.3) is 0 Å². The van der Waals surface area contributed by atoms with Crippen LogP contribution in [0.4, 0.5) is 0 Å². The highest BCUT2D eigenvalue weighted by Crippen LogP contribution is 2.26. The van der Waals surface area contributed by atoms with Gasteiger partial charge in [-0.15, -0.1) is 0 Å². The van der Waals surface area contributed by atoms with Gasteiger partial charge in [0.15, 0.2) is 0 Å². The second kappa shape index (κ2) is 7.95. The number of rotatable bonds is 7. The zero-order valence-corrected chi connectivity index (χ0v) is 12.9.